The molecule has 0 saturated heterocycles. The summed E-state index contributed by atoms with van der Waals surface area (Å²) >= 11 is 1.66. The van der Waals surface area contributed by atoms with Gasteiger partial charge < -0.3 is 0 Å². The van der Waals surface area contributed by atoms with Crippen LogP contribution in [-0.2, 0) is 10.0 Å². The van der Waals surface area contributed by atoms with E-state index < -0.39 is 15.8 Å². The molecular weight excluding hydrogens is 273 g/mol. The molecule has 0 saturated carbocycles. The van der Waals surface area contributed by atoms with Gasteiger partial charge in [0.25, 0.3) is 0 Å². The number of benzene rings is 1. The van der Waals surface area contributed by atoms with E-state index >= 15 is 0 Å². The smallest absolute Gasteiger partial charge is 0.207 e. The number of rotatable bonds is 6. The maximum absolute atomic E-state index is 13.6. The fraction of sp³-hybridized carbons (Fsp3) is 0.500. The van der Waals surface area contributed by atoms with Crippen molar-refractivity contribution in [3.63, 3.8) is 0 Å². The lowest BCUT2D eigenvalue weighted by atomic mass is 10.3. The zero-order valence-corrected chi connectivity index (χ0v) is 12.4. The van der Waals surface area contributed by atoms with E-state index in [-0.39, 0.29) is 10.9 Å². The number of nitrogens with zero attached hydrogens (tertiary/aromatic N) is 1. The van der Waals surface area contributed by atoms with Crippen LogP contribution < -0.4 is 0 Å². The number of hydrogen-bond donors (Lipinski definition) is 0. The molecular formula is C12H18FNO2S2. The van der Waals surface area contributed by atoms with Crippen LogP contribution in [-0.4, -0.2) is 37.8 Å². The monoisotopic (exact) mass is 291 g/mol. The van der Waals surface area contributed by atoms with Gasteiger partial charge in [0.1, 0.15) is 10.7 Å². The van der Waals surface area contributed by atoms with Crippen LogP contribution in [0.4, 0.5) is 4.39 Å². The van der Waals surface area contributed by atoms with Crippen molar-refractivity contribution in [3.05, 3.63) is 30.1 Å². The van der Waals surface area contributed by atoms with Crippen LogP contribution in [0.1, 0.15) is 13.3 Å². The van der Waals surface area contributed by atoms with Crippen molar-refractivity contribution in [2.45, 2.75) is 24.3 Å². The Hall–Kier alpha value is -0.590. The second kappa shape index (κ2) is 6.54. The predicted octanol–water partition coefficient (Wildman–Crippen LogP) is 2.59. The summed E-state index contributed by atoms with van der Waals surface area (Å²) in [5, 5.41) is 0. The van der Waals surface area contributed by atoms with Crippen LogP contribution in [0.15, 0.2) is 29.2 Å². The van der Waals surface area contributed by atoms with Crippen molar-refractivity contribution in [1.82, 2.24) is 4.31 Å². The number of halogens is 1. The van der Waals surface area contributed by atoms with Crippen LogP contribution in [0.5, 0.6) is 0 Å². The quantitative estimate of drug-likeness (QED) is 0.808. The highest BCUT2D eigenvalue weighted by Crippen LogP contribution is 2.20. The summed E-state index contributed by atoms with van der Waals surface area (Å²) in [7, 11) is -2.26. The van der Waals surface area contributed by atoms with Gasteiger partial charge in [-0.3, -0.25) is 0 Å². The van der Waals surface area contributed by atoms with E-state index in [1.807, 2.05) is 13.2 Å². The molecule has 0 aliphatic carbocycles. The van der Waals surface area contributed by atoms with Crippen molar-refractivity contribution < 1.29 is 12.8 Å². The molecule has 0 aliphatic heterocycles. The summed E-state index contributed by atoms with van der Waals surface area (Å²) in [6.45, 7) is 1.83. The third-order valence-corrected chi connectivity index (χ3v) is 5.50. The Balaban J connectivity index is 2.97. The van der Waals surface area contributed by atoms with Crippen LogP contribution in [0.2, 0.25) is 0 Å². The Labute approximate surface area is 112 Å². The number of thioether (sulfide) groups is 1. The van der Waals surface area contributed by atoms with Gasteiger partial charge >= 0.3 is 0 Å². The van der Waals surface area contributed by atoms with Gasteiger partial charge in [0.05, 0.1) is 0 Å². The normalized spacial score (nSPS) is 13.8. The van der Waals surface area contributed by atoms with E-state index in [0.717, 1.165) is 18.2 Å². The molecule has 1 unspecified atom stereocenters. The number of hydrogen-bond acceptors (Lipinski definition) is 3. The van der Waals surface area contributed by atoms with E-state index in [9.17, 15) is 12.8 Å². The van der Waals surface area contributed by atoms with Gasteiger partial charge in [-0.25, -0.2) is 12.8 Å². The largest absolute Gasteiger partial charge is 0.245 e. The summed E-state index contributed by atoms with van der Waals surface area (Å²) in [5.41, 5.74) is 0. The van der Waals surface area contributed by atoms with Crippen LogP contribution in [0, 0.1) is 5.82 Å². The fourth-order valence-electron chi connectivity index (χ4n) is 1.52. The van der Waals surface area contributed by atoms with E-state index in [4.69, 9.17) is 0 Å². The summed E-state index contributed by atoms with van der Waals surface area (Å²) in [4.78, 5) is -0.261. The SMILES string of the molecule is CSCCC(C)N(C)S(=O)(=O)c1ccccc1F. The Bertz CT molecular complexity index is 491. The van der Waals surface area contributed by atoms with Gasteiger partial charge in [-0.2, -0.15) is 16.1 Å². The average molecular weight is 291 g/mol. The molecule has 0 amide bonds. The number of sulfonamides is 1. The highest BCUT2D eigenvalue weighted by molar-refractivity contribution is 7.98. The van der Waals surface area contributed by atoms with Gasteiger partial charge in [0, 0.05) is 13.1 Å². The first-order valence-electron chi connectivity index (χ1n) is 5.62. The van der Waals surface area contributed by atoms with E-state index in [1.54, 1.807) is 11.8 Å². The molecule has 1 aromatic rings. The molecule has 3 nitrogen and oxygen atoms in total. The summed E-state index contributed by atoms with van der Waals surface area (Å²) in [5.74, 6) is 0.166. The molecule has 0 radical (unpaired) electrons. The molecule has 0 heterocycles. The first-order valence-corrected chi connectivity index (χ1v) is 8.46. The maximum Gasteiger partial charge on any atom is 0.245 e. The molecule has 0 aromatic heterocycles. The molecule has 102 valence electrons. The van der Waals surface area contributed by atoms with Gasteiger partial charge in [0.15, 0.2) is 0 Å². The second-order valence-electron chi connectivity index (χ2n) is 4.08. The average Bonchev–Trinajstić information content (AvgIpc) is 2.35. The standard InChI is InChI=1S/C12H18FNO2S2/c1-10(8-9-17-3)14(2)18(15,16)12-7-5-4-6-11(12)13/h4-7,10H,8-9H2,1-3H3. The lowest BCUT2D eigenvalue weighted by Gasteiger charge is -2.24. The Morgan fingerprint density at radius 3 is 2.56 bits per heavy atom. The minimum Gasteiger partial charge on any atom is -0.207 e. The highest BCUT2D eigenvalue weighted by atomic mass is 32.2. The summed E-state index contributed by atoms with van der Waals surface area (Å²) < 4.78 is 39.3. The molecule has 0 N–H and O–H groups in total. The van der Waals surface area contributed by atoms with E-state index in [2.05, 4.69) is 0 Å². The van der Waals surface area contributed by atoms with Crippen LogP contribution in [0.3, 0.4) is 0 Å². The molecule has 0 aliphatic rings. The predicted molar refractivity (Wildman–Crippen MR) is 73.8 cm³/mol. The van der Waals surface area contributed by atoms with Crippen LogP contribution in [0.25, 0.3) is 0 Å². The zero-order chi connectivity index (χ0) is 13.8. The van der Waals surface area contributed by atoms with Gasteiger partial charge in [-0.15, -0.1) is 0 Å². The molecule has 0 spiro atoms. The minimum absolute atomic E-state index is 0.151. The summed E-state index contributed by atoms with van der Waals surface area (Å²) in [6, 6.07) is 5.31. The molecule has 18 heavy (non-hydrogen) atoms. The fourth-order valence-corrected chi connectivity index (χ4v) is 3.55. The Morgan fingerprint density at radius 1 is 1.39 bits per heavy atom. The lowest BCUT2D eigenvalue weighted by Crippen LogP contribution is -2.35. The van der Waals surface area contributed by atoms with Crippen molar-refractivity contribution in [2.75, 3.05) is 19.1 Å². The first-order chi connectivity index (χ1) is 8.41. The van der Waals surface area contributed by atoms with Crippen molar-refractivity contribution in [1.29, 1.82) is 0 Å². The zero-order valence-electron chi connectivity index (χ0n) is 10.8. The minimum atomic E-state index is -3.75. The van der Waals surface area contributed by atoms with Crippen molar-refractivity contribution >= 4 is 21.8 Å². The first kappa shape index (κ1) is 15.5. The Kier molecular flexibility index (Phi) is 5.62. The van der Waals surface area contributed by atoms with Gasteiger partial charge in [-0.1, -0.05) is 12.1 Å². The van der Waals surface area contributed by atoms with E-state index in [0.29, 0.717) is 0 Å². The van der Waals surface area contributed by atoms with E-state index in [1.165, 1.54) is 29.6 Å². The summed E-state index contributed by atoms with van der Waals surface area (Å²) in [6.07, 6.45) is 2.71. The van der Waals surface area contributed by atoms with Crippen LogP contribution >= 0.6 is 11.8 Å². The Morgan fingerprint density at radius 2 is 2.00 bits per heavy atom. The third-order valence-electron chi connectivity index (χ3n) is 2.85. The topological polar surface area (TPSA) is 37.4 Å². The lowest BCUT2D eigenvalue weighted by molar-refractivity contribution is 0.380. The van der Waals surface area contributed by atoms with Gasteiger partial charge in [0.2, 0.25) is 10.0 Å². The van der Waals surface area contributed by atoms with Crippen molar-refractivity contribution in [3.8, 4) is 0 Å². The third kappa shape index (κ3) is 3.46. The molecule has 6 heteroatoms. The molecule has 1 rings (SSSR count). The van der Waals surface area contributed by atoms with Crippen molar-refractivity contribution in [2.24, 2.45) is 0 Å². The second-order valence-corrected chi connectivity index (χ2v) is 7.03. The molecule has 1 atom stereocenters. The highest BCUT2D eigenvalue weighted by Gasteiger charge is 2.27. The molecule has 0 bridgehead atoms. The molecule has 1 aromatic carbocycles. The molecule has 0 fully saturated rings. The maximum atomic E-state index is 13.6. The van der Waals surface area contributed by atoms with Gasteiger partial charge in [-0.05, 0) is 37.5 Å².